The van der Waals surface area contributed by atoms with Crippen LogP contribution in [0.2, 0.25) is 0 Å². The summed E-state index contributed by atoms with van der Waals surface area (Å²) in [4.78, 5) is 18.2. The van der Waals surface area contributed by atoms with Gasteiger partial charge in [-0.05, 0) is 75.3 Å². The largest absolute Gasteiger partial charge is 0.358 e. The maximum Gasteiger partial charge on any atom is 0.255 e. The standard InChI is InChI=1S/C21H22FN3O/c1-25(2)16-7-9-20-18(12-16)17-11-15(6-8-19(17)24-20)23-21(26)13-4-3-5-14(22)10-13/h3-6,8,10-11,16,24H,7,9,12H2,1-2H3,(H,23,26). The number of likely N-dealkylation sites (N-methyl/N-ethyl adjacent to an activating group) is 1. The maximum absolute atomic E-state index is 13.3. The van der Waals surface area contributed by atoms with Gasteiger partial charge in [-0.3, -0.25) is 4.79 Å². The monoisotopic (exact) mass is 351 g/mol. The average Bonchev–Trinajstić information content (AvgIpc) is 2.99. The van der Waals surface area contributed by atoms with Crippen LogP contribution in [-0.4, -0.2) is 35.9 Å². The molecule has 0 fully saturated rings. The van der Waals surface area contributed by atoms with Crippen LogP contribution >= 0.6 is 0 Å². The van der Waals surface area contributed by atoms with Crippen LogP contribution in [0.15, 0.2) is 42.5 Å². The molecule has 0 aliphatic heterocycles. The zero-order valence-electron chi connectivity index (χ0n) is 15.0. The van der Waals surface area contributed by atoms with Crippen molar-refractivity contribution in [1.82, 2.24) is 9.88 Å². The van der Waals surface area contributed by atoms with Crippen LogP contribution in [0.1, 0.15) is 28.0 Å². The number of aromatic nitrogens is 1. The molecule has 1 atom stereocenters. The van der Waals surface area contributed by atoms with Gasteiger partial charge in [0.15, 0.2) is 0 Å². The molecule has 2 aromatic carbocycles. The molecule has 0 radical (unpaired) electrons. The van der Waals surface area contributed by atoms with Gasteiger partial charge in [-0.15, -0.1) is 0 Å². The van der Waals surface area contributed by atoms with Crippen molar-refractivity contribution < 1.29 is 9.18 Å². The van der Waals surface area contributed by atoms with Gasteiger partial charge in [-0.25, -0.2) is 4.39 Å². The van der Waals surface area contributed by atoms with Crippen molar-refractivity contribution in [3.8, 4) is 0 Å². The van der Waals surface area contributed by atoms with Gasteiger partial charge in [0.1, 0.15) is 5.82 Å². The highest BCUT2D eigenvalue weighted by Gasteiger charge is 2.23. The second-order valence-corrected chi connectivity index (χ2v) is 7.17. The molecule has 1 heterocycles. The van der Waals surface area contributed by atoms with E-state index in [0.717, 1.165) is 35.9 Å². The number of benzene rings is 2. The average molecular weight is 351 g/mol. The normalized spacial score (nSPS) is 16.7. The summed E-state index contributed by atoms with van der Waals surface area (Å²) in [5.41, 5.74) is 4.77. The maximum atomic E-state index is 13.3. The number of carbonyl (C=O) groups excluding carboxylic acids is 1. The fourth-order valence-electron chi connectivity index (χ4n) is 3.75. The predicted molar refractivity (Wildman–Crippen MR) is 102 cm³/mol. The molecule has 4 nitrogen and oxygen atoms in total. The minimum absolute atomic E-state index is 0.306. The lowest BCUT2D eigenvalue weighted by Gasteiger charge is -2.28. The summed E-state index contributed by atoms with van der Waals surface area (Å²) in [7, 11) is 4.24. The van der Waals surface area contributed by atoms with Crippen molar-refractivity contribution in [1.29, 1.82) is 0 Å². The summed E-state index contributed by atoms with van der Waals surface area (Å²) in [6, 6.07) is 12.1. The van der Waals surface area contributed by atoms with Crippen molar-refractivity contribution in [2.75, 3.05) is 19.4 Å². The topological polar surface area (TPSA) is 48.1 Å². The van der Waals surface area contributed by atoms with Gasteiger partial charge in [-0.1, -0.05) is 6.07 Å². The quantitative estimate of drug-likeness (QED) is 0.750. The number of H-pyrrole nitrogens is 1. The molecule has 4 rings (SSSR count). The molecule has 0 saturated carbocycles. The van der Waals surface area contributed by atoms with Gasteiger partial charge >= 0.3 is 0 Å². The van der Waals surface area contributed by atoms with Crippen molar-refractivity contribution in [2.45, 2.75) is 25.3 Å². The molecule has 134 valence electrons. The van der Waals surface area contributed by atoms with Crippen molar-refractivity contribution in [2.24, 2.45) is 0 Å². The molecule has 1 unspecified atom stereocenters. The van der Waals surface area contributed by atoms with Crippen LogP contribution < -0.4 is 5.32 Å². The molecule has 2 N–H and O–H groups in total. The van der Waals surface area contributed by atoms with Crippen LogP contribution in [0, 0.1) is 5.82 Å². The first-order valence-corrected chi connectivity index (χ1v) is 8.88. The highest BCUT2D eigenvalue weighted by Crippen LogP contribution is 2.32. The van der Waals surface area contributed by atoms with E-state index in [-0.39, 0.29) is 5.91 Å². The van der Waals surface area contributed by atoms with E-state index >= 15 is 0 Å². The van der Waals surface area contributed by atoms with E-state index in [4.69, 9.17) is 0 Å². The van der Waals surface area contributed by atoms with E-state index in [0.29, 0.717) is 11.6 Å². The van der Waals surface area contributed by atoms with E-state index < -0.39 is 5.82 Å². The molecule has 1 amide bonds. The Morgan fingerprint density at radius 1 is 1.23 bits per heavy atom. The Bertz CT molecular complexity index is 977. The Morgan fingerprint density at radius 2 is 2.08 bits per heavy atom. The lowest BCUT2D eigenvalue weighted by molar-refractivity contribution is 0.102. The predicted octanol–water partition coefficient (Wildman–Crippen LogP) is 3.98. The van der Waals surface area contributed by atoms with Crippen LogP contribution in [0.5, 0.6) is 0 Å². The molecule has 26 heavy (non-hydrogen) atoms. The van der Waals surface area contributed by atoms with Gasteiger partial charge in [0.2, 0.25) is 0 Å². The number of fused-ring (bicyclic) bond motifs is 3. The molecule has 3 aromatic rings. The fourth-order valence-corrected chi connectivity index (χ4v) is 3.75. The Morgan fingerprint density at radius 3 is 2.85 bits per heavy atom. The van der Waals surface area contributed by atoms with Gasteiger partial charge in [0, 0.05) is 33.9 Å². The third-order valence-corrected chi connectivity index (χ3v) is 5.24. The second kappa shape index (κ2) is 6.57. The zero-order valence-corrected chi connectivity index (χ0v) is 15.0. The summed E-state index contributed by atoms with van der Waals surface area (Å²) >= 11 is 0. The fraction of sp³-hybridized carbons (Fsp3) is 0.286. The van der Waals surface area contributed by atoms with E-state index in [1.165, 1.54) is 29.5 Å². The van der Waals surface area contributed by atoms with Crippen LogP contribution in [0.4, 0.5) is 10.1 Å². The number of hydrogen-bond acceptors (Lipinski definition) is 2. The molecular formula is C21H22FN3O. The minimum Gasteiger partial charge on any atom is -0.358 e. The number of anilines is 1. The van der Waals surface area contributed by atoms with Gasteiger partial charge in [0.05, 0.1) is 0 Å². The Hall–Kier alpha value is -2.66. The lowest BCUT2D eigenvalue weighted by atomic mass is 9.91. The number of nitrogens with one attached hydrogen (secondary N) is 2. The Labute approximate surface area is 152 Å². The smallest absolute Gasteiger partial charge is 0.255 e. The number of hydrogen-bond donors (Lipinski definition) is 2. The van der Waals surface area contributed by atoms with E-state index in [2.05, 4.69) is 29.3 Å². The number of rotatable bonds is 3. The zero-order chi connectivity index (χ0) is 18.3. The number of aryl methyl sites for hydroxylation is 1. The third kappa shape index (κ3) is 3.10. The van der Waals surface area contributed by atoms with Crippen LogP contribution in [0.3, 0.4) is 0 Å². The summed E-state index contributed by atoms with van der Waals surface area (Å²) in [6.07, 6.45) is 3.19. The summed E-state index contributed by atoms with van der Waals surface area (Å²) < 4.78 is 13.3. The Kier molecular flexibility index (Phi) is 4.24. The van der Waals surface area contributed by atoms with E-state index in [9.17, 15) is 9.18 Å². The highest BCUT2D eigenvalue weighted by molar-refractivity contribution is 6.05. The summed E-state index contributed by atoms with van der Waals surface area (Å²) in [5, 5.41) is 4.03. The van der Waals surface area contributed by atoms with Crippen molar-refractivity contribution in [3.63, 3.8) is 0 Å². The Balaban J connectivity index is 1.63. The first-order valence-electron chi connectivity index (χ1n) is 8.88. The first kappa shape index (κ1) is 16.8. The third-order valence-electron chi connectivity index (χ3n) is 5.24. The summed E-state index contributed by atoms with van der Waals surface area (Å²) in [5.74, 6) is -0.720. The SMILES string of the molecule is CN(C)C1CCc2[nH]c3ccc(NC(=O)c4cccc(F)c4)cc3c2C1. The molecule has 0 saturated heterocycles. The number of aromatic amines is 1. The molecule has 1 aromatic heterocycles. The van der Waals surface area contributed by atoms with E-state index in [1.807, 2.05) is 18.2 Å². The van der Waals surface area contributed by atoms with Gasteiger partial charge < -0.3 is 15.2 Å². The lowest BCUT2D eigenvalue weighted by Crippen LogP contribution is -2.33. The molecule has 5 heteroatoms. The number of halogens is 1. The van der Waals surface area contributed by atoms with E-state index in [1.54, 1.807) is 6.07 Å². The van der Waals surface area contributed by atoms with Crippen molar-refractivity contribution >= 4 is 22.5 Å². The first-order chi connectivity index (χ1) is 12.5. The molecular weight excluding hydrogens is 329 g/mol. The van der Waals surface area contributed by atoms with Crippen LogP contribution in [-0.2, 0) is 12.8 Å². The number of nitrogens with zero attached hydrogens (tertiary/aromatic N) is 1. The van der Waals surface area contributed by atoms with Gasteiger partial charge in [0.25, 0.3) is 5.91 Å². The molecule has 0 spiro atoms. The molecule has 1 aliphatic carbocycles. The van der Waals surface area contributed by atoms with Crippen LogP contribution in [0.25, 0.3) is 10.9 Å². The molecule has 0 bridgehead atoms. The van der Waals surface area contributed by atoms with Gasteiger partial charge in [-0.2, -0.15) is 0 Å². The minimum atomic E-state index is -0.414. The molecule has 1 aliphatic rings. The number of carbonyl (C=O) groups is 1. The number of amides is 1. The summed E-state index contributed by atoms with van der Waals surface area (Å²) in [6.45, 7) is 0. The van der Waals surface area contributed by atoms with Crippen molar-refractivity contribution in [3.05, 3.63) is 65.1 Å². The highest BCUT2D eigenvalue weighted by atomic mass is 19.1. The second-order valence-electron chi connectivity index (χ2n) is 7.17.